The van der Waals surface area contributed by atoms with Crippen LogP contribution in [0.2, 0.25) is 0 Å². The second kappa shape index (κ2) is 5.59. The second-order valence-corrected chi connectivity index (χ2v) is 8.60. The Bertz CT molecular complexity index is 896. The SMILES string of the molecule is CC1(C)OB(c2ccc(O)c(-c3cc4ccccc4s3)c2)OC1(C)C. The van der Waals surface area contributed by atoms with E-state index in [9.17, 15) is 5.11 Å². The minimum absolute atomic E-state index is 0.270. The van der Waals surface area contributed by atoms with E-state index in [0.717, 1.165) is 15.9 Å². The predicted octanol–water partition coefficient (Wildman–Crippen LogP) is 4.57. The number of thiophene rings is 1. The Hall–Kier alpha value is -1.82. The summed E-state index contributed by atoms with van der Waals surface area (Å²) in [7, 11) is -0.432. The molecule has 1 saturated heterocycles. The van der Waals surface area contributed by atoms with Crippen molar-refractivity contribution >= 4 is 34.0 Å². The minimum atomic E-state index is -0.432. The summed E-state index contributed by atoms with van der Waals surface area (Å²) in [6, 6.07) is 15.9. The van der Waals surface area contributed by atoms with E-state index in [4.69, 9.17) is 9.31 Å². The standard InChI is InChI=1S/C20H21BO3S/c1-19(2)20(3,4)24-21(23-19)14-9-10-16(22)15(12-14)18-11-13-7-5-6-8-17(13)25-18/h5-12,22H,1-4H3. The number of aromatic hydroxyl groups is 1. The lowest BCUT2D eigenvalue weighted by Crippen LogP contribution is -2.41. The van der Waals surface area contributed by atoms with Crippen LogP contribution in [-0.2, 0) is 9.31 Å². The fourth-order valence-corrected chi connectivity index (χ4v) is 4.08. The van der Waals surface area contributed by atoms with E-state index in [1.807, 2.05) is 52.0 Å². The number of benzene rings is 2. The Morgan fingerprint density at radius 2 is 1.60 bits per heavy atom. The zero-order valence-electron chi connectivity index (χ0n) is 14.9. The van der Waals surface area contributed by atoms with Crippen molar-refractivity contribution in [3.05, 3.63) is 48.5 Å². The first-order valence-electron chi connectivity index (χ1n) is 8.44. The quantitative estimate of drug-likeness (QED) is 0.687. The van der Waals surface area contributed by atoms with Gasteiger partial charge in [0, 0.05) is 15.1 Å². The maximum atomic E-state index is 10.4. The van der Waals surface area contributed by atoms with E-state index in [-0.39, 0.29) is 17.0 Å². The summed E-state index contributed by atoms with van der Waals surface area (Å²) < 4.78 is 13.5. The van der Waals surface area contributed by atoms with E-state index in [1.165, 1.54) is 10.1 Å². The molecule has 0 bridgehead atoms. The maximum Gasteiger partial charge on any atom is 0.494 e. The van der Waals surface area contributed by atoms with Crippen molar-refractivity contribution in [3.63, 3.8) is 0 Å². The van der Waals surface area contributed by atoms with Gasteiger partial charge < -0.3 is 14.4 Å². The van der Waals surface area contributed by atoms with E-state index in [0.29, 0.717) is 0 Å². The van der Waals surface area contributed by atoms with Crippen LogP contribution < -0.4 is 5.46 Å². The first kappa shape index (κ1) is 16.6. The van der Waals surface area contributed by atoms with Gasteiger partial charge in [0.15, 0.2) is 0 Å². The average molecular weight is 352 g/mol. The van der Waals surface area contributed by atoms with Crippen molar-refractivity contribution in [2.24, 2.45) is 0 Å². The van der Waals surface area contributed by atoms with Crippen LogP contribution in [0.25, 0.3) is 20.5 Å². The van der Waals surface area contributed by atoms with Gasteiger partial charge in [-0.25, -0.2) is 0 Å². The van der Waals surface area contributed by atoms with Gasteiger partial charge in [0.05, 0.1) is 11.2 Å². The summed E-state index contributed by atoms with van der Waals surface area (Å²) in [5.74, 6) is 0.270. The average Bonchev–Trinajstić information content (AvgIpc) is 3.06. The molecule has 0 radical (unpaired) electrons. The normalized spacial score (nSPS) is 18.8. The van der Waals surface area contributed by atoms with Crippen LogP contribution in [0.3, 0.4) is 0 Å². The van der Waals surface area contributed by atoms with Crippen LogP contribution in [0.15, 0.2) is 48.5 Å². The molecule has 128 valence electrons. The molecule has 1 N–H and O–H groups in total. The van der Waals surface area contributed by atoms with Crippen molar-refractivity contribution in [1.82, 2.24) is 0 Å². The molecule has 4 rings (SSSR count). The zero-order valence-corrected chi connectivity index (χ0v) is 15.7. The summed E-state index contributed by atoms with van der Waals surface area (Å²) >= 11 is 1.67. The number of phenolic OH excluding ortho intramolecular Hbond substituents is 1. The largest absolute Gasteiger partial charge is 0.507 e. The molecule has 2 heterocycles. The Morgan fingerprint density at radius 3 is 2.28 bits per heavy atom. The van der Waals surface area contributed by atoms with Crippen molar-refractivity contribution in [1.29, 1.82) is 0 Å². The van der Waals surface area contributed by atoms with Crippen molar-refractivity contribution in [3.8, 4) is 16.2 Å². The molecular weight excluding hydrogens is 331 g/mol. The molecule has 25 heavy (non-hydrogen) atoms. The summed E-state index contributed by atoms with van der Waals surface area (Å²) in [4.78, 5) is 1.04. The molecule has 0 amide bonds. The number of hydrogen-bond acceptors (Lipinski definition) is 4. The first-order valence-corrected chi connectivity index (χ1v) is 9.26. The van der Waals surface area contributed by atoms with Crippen LogP contribution in [0.5, 0.6) is 5.75 Å². The molecule has 0 saturated carbocycles. The van der Waals surface area contributed by atoms with Gasteiger partial charge in [-0.2, -0.15) is 0 Å². The highest BCUT2D eigenvalue weighted by Crippen LogP contribution is 2.39. The van der Waals surface area contributed by atoms with E-state index >= 15 is 0 Å². The van der Waals surface area contributed by atoms with Crippen LogP contribution in [0.4, 0.5) is 0 Å². The fourth-order valence-electron chi connectivity index (χ4n) is 2.99. The van der Waals surface area contributed by atoms with Gasteiger partial charge in [-0.15, -0.1) is 11.3 Å². The molecule has 0 aliphatic carbocycles. The highest BCUT2D eigenvalue weighted by molar-refractivity contribution is 7.22. The van der Waals surface area contributed by atoms with Gasteiger partial charge in [0.2, 0.25) is 0 Å². The summed E-state index contributed by atoms with van der Waals surface area (Å²) in [5.41, 5.74) is 0.970. The zero-order chi connectivity index (χ0) is 17.8. The number of rotatable bonds is 2. The van der Waals surface area contributed by atoms with Crippen LogP contribution in [0.1, 0.15) is 27.7 Å². The van der Waals surface area contributed by atoms with Crippen LogP contribution in [-0.4, -0.2) is 23.4 Å². The molecule has 2 aromatic carbocycles. The summed E-state index contributed by atoms with van der Waals surface area (Å²) in [5, 5.41) is 11.6. The van der Waals surface area contributed by atoms with Crippen molar-refractivity contribution in [2.75, 3.05) is 0 Å². The summed E-state index contributed by atoms with van der Waals surface area (Å²) in [6.07, 6.45) is 0. The van der Waals surface area contributed by atoms with E-state index < -0.39 is 7.12 Å². The first-order chi connectivity index (χ1) is 11.8. The second-order valence-electron chi connectivity index (χ2n) is 7.51. The number of fused-ring (bicyclic) bond motifs is 1. The highest BCUT2D eigenvalue weighted by atomic mass is 32.1. The molecule has 0 spiro atoms. The molecule has 3 aromatic rings. The molecule has 3 nitrogen and oxygen atoms in total. The number of hydrogen-bond donors (Lipinski definition) is 1. The molecule has 1 aliphatic rings. The Morgan fingerprint density at radius 1 is 0.920 bits per heavy atom. The monoisotopic (exact) mass is 352 g/mol. The Balaban J connectivity index is 1.75. The molecule has 0 unspecified atom stereocenters. The van der Waals surface area contributed by atoms with Gasteiger partial charge in [0.25, 0.3) is 0 Å². The third-order valence-corrected chi connectivity index (χ3v) is 6.39. The molecule has 1 aliphatic heterocycles. The van der Waals surface area contributed by atoms with Crippen molar-refractivity contribution < 1.29 is 14.4 Å². The summed E-state index contributed by atoms with van der Waals surface area (Å²) in [6.45, 7) is 8.17. The van der Waals surface area contributed by atoms with Gasteiger partial charge in [-0.05, 0) is 56.7 Å². The van der Waals surface area contributed by atoms with Crippen LogP contribution >= 0.6 is 11.3 Å². The van der Waals surface area contributed by atoms with E-state index in [2.05, 4.69) is 18.2 Å². The van der Waals surface area contributed by atoms with Gasteiger partial charge in [0.1, 0.15) is 5.75 Å². The Kier molecular flexibility index (Phi) is 3.72. The topological polar surface area (TPSA) is 38.7 Å². The highest BCUT2D eigenvalue weighted by Gasteiger charge is 2.51. The molecule has 5 heteroatoms. The smallest absolute Gasteiger partial charge is 0.494 e. The third-order valence-electron chi connectivity index (χ3n) is 5.24. The van der Waals surface area contributed by atoms with Gasteiger partial charge >= 0.3 is 7.12 Å². The van der Waals surface area contributed by atoms with E-state index in [1.54, 1.807) is 17.4 Å². The number of phenols is 1. The fraction of sp³-hybridized carbons (Fsp3) is 0.300. The van der Waals surface area contributed by atoms with Crippen molar-refractivity contribution in [2.45, 2.75) is 38.9 Å². The Labute approximate surface area is 152 Å². The van der Waals surface area contributed by atoms with Crippen LogP contribution in [0, 0.1) is 0 Å². The lowest BCUT2D eigenvalue weighted by molar-refractivity contribution is 0.00578. The lowest BCUT2D eigenvalue weighted by atomic mass is 9.78. The van der Waals surface area contributed by atoms with Gasteiger partial charge in [-0.1, -0.05) is 30.3 Å². The maximum absolute atomic E-state index is 10.4. The van der Waals surface area contributed by atoms with Gasteiger partial charge in [-0.3, -0.25) is 0 Å². The predicted molar refractivity (Wildman–Crippen MR) is 105 cm³/mol. The lowest BCUT2D eigenvalue weighted by Gasteiger charge is -2.32. The molecule has 0 atom stereocenters. The third kappa shape index (κ3) is 2.76. The minimum Gasteiger partial charge on any atom is -0.507 e. The molecule has 1 fully saturated rings. The molecular formula is C20H21BO3S. The molecule has 1 aromatic heterocycles.